The fourth-order valence-electron chi connectivity index (χ4n) is 3.34. The molecule has 29 heavy (non-hydrogen) atoms. The van der Waals surface area contributed by atoms with Crippen LogP contribution in [0, 0.1) is 0 Å². The van der Waals surface area contributed by atoms with Gasteiger partial charge in [-0.1, -0.05) is 6.92 Å². The van der Waals surface area contributed by atoms with Gasteiger partial charge in [0.25, 0.3) is 6.47 Å². The van der Waals surface area contributed by atoms with Gasteiger partial charge in [0.1, 0.15) is 43.5 Å². The normalized spacial score (nSPS) is 15.4. The Labute approximate surface area is 172 Å². The number of aryl methyl sites for hydroxylation is 2. The smallest absolute Gasteiger partial charge is 0.307 e. The predicted molar refractivity (Wildman–Crippen MR) is 106 cm³/mol. The van der Waals surface area contributed by atoms with Crippen molar-refractivity contribution < 1.29 is 28.6 Å². The second-order valence-electron chi connectivity index (χ2n) is 8.08. The van der Waals surface area contributed by atoms with E-state index in [0.717, 1.165) is 19.5 Å². The minimum absolute atomic E-state index is 0.166. The summed E-state index contributed by atoms with van der Waals surface area (Å²) in [5.41, 5.74) is -0.982. The Morgan fingerprint density at radius 1 is 1.14 bits per heavy atom. The van der Waals surface area contributed by atoms with E-state index in [1.807, 2.05) is 12.4 Å². The molecule has 160 valence electrons. The van der Waals surface area contributed by atoms with Crippen molar-refractivity contribution in [1.82, 2.24) is 9.13 Å². The Morgan fingerprint density at radius 2 is 1.69 bits per heavy atom. The van der Waals surface area contributed by atoms with Crippen LogP contribution in [0.15, 0.2) is 37.4 Å². The largest absolute Gasteiger partial charge is 0.481 e. The first-order valence-corrected chi connectivity index (χ1v) is 10.2. The summed E-state index contributed by atoms with van der Waals surface area (Å²) in [7, 11) is 0. The van der Waals surface area contributed by atoms with Crippen molar-refractivity contribution in [1.29, 1.82) is 0 Å². The second-order valence-corrected chi connectivity index (χ2v) is 8.08. The molecule has 0 spiro atoms. The molecule has 0 bridgehead atoms. The molecule has 2 rings (SSSR count). The van der Waals surface area contributed by atoms with Crippen molar-refractivity contribution in [3.8, 4) is 0 Å². The molecule has 2 heterocycles. The SMILES string of the molecule is CCC(C)n1cc[n+](CC[n+]2ccn(C(C)CCC(C)(CC(=O)O)OC=O)c2)c1. The van der Waals surface area contributed by atoms with Crippen LogP contribution in [0.1, 0.15) is 65.5 Å². The highest BCUT2D eigenvalue weighted by molar-refractivity contribution is 5.68. The number of rotatable bonds is 13. The highest BCUT2D eigenvalue weighted by atomic mass is 16.5. The molecule has 0 aliphatic heterocycles. The third-order valence-corrected chi connectivity index (χ3v) is 5.60. The predicted octanol–water partition coefficient (Wildman–Crippen LogP) is 2.28. The molecule has 0 fully saturated rings. The van der Waals surface area contributed by atoms with Gasteiger partial charge in [0.05, 0.1) is 18.5 Å². The molecule has 0 aliphatic rings. The van der Waals surface area contributed by atoms with Gasteiger partial charge in [-0.2, -0.15) is 0 Å². The lowest BCUT2D eigenvalue weighted by Crippen LogP contribution is -2.42. The van der Waals surface area contributed by atoms with Crippen LogP contribution in [-0.2, 0) is 27.4 Å². The van der Waals surface area contributed by atoms with Gasteiger partial charge in [-0.15, -0.1) is 0 Å². The van der Waals surface area contributed by atoms with Gasteiger partial charge in [0.2, 0.25) is 12.7 Å². The number of carboxylic acid groups (broad SMARTS) is 1. The highest BCUT2D eigenvalue weighted by Gasteiger charge is 2.30. The fraction of sp³-hybridized carbons (Fsp3) is 0.619. The summed E-state index contributed by atoms with van der Waals surface area (Å²) in [4.78, 5) is 21.8. The van der Waals surface area contributed by atoms with Gasteiger partial charge in [-0.05, 0) is 40.0 Å². The Morgan fingerprint density at radius 3 is 2.17 bits per heavy atom. The van der Waals surface area contributed by atoms with Crippen molar-refractivity contribution in [2.75, 3.05) is 0 Å². The van der Waals surface area contributed by atoms with Crippen molar-refractivity contribution in [2.45, 2.75) is 84.2 Å². The summed E-state index contributed by atoms with van der Waals surface area (Å²) in [5, 5.41) is 9.05. The van der Waals surface area contributed by atoms with Gasteiger partial charge in [-0.3, -0.25) is 9.59 Å². The second kappa shape index (κ2) is 10.2. The Hall–Kier alpha value is -2.64. The molecule has 0 radical (unpaired) electrons. The molecule has 2 aromatic rings. The monoisotopic (exact) mass is 406 g/mol. The maximum Gasteiger partial charge on any atom is 0.307 e. The molecule has 0 aromatic carbocycles. The van der Waals surface area contributed by atoms with Crippen LogP contribution in [0.5, 0.6) is 0 Å². The third kappa shape index (κ3) is 6.73. The molecule has 3 atom stereocenters. The Bertz CT molecular complexity index is 800. The van der Waals surface area contributed by atoms with Crippen LogP contribution in [0.25, 0.3) is 0 Å². The molecular formula is C21H34N4O4+2. The maximum atomic E-state index is 11.0. The molecule has 8 heteroatoms. The first kappa shape index (κ1) is 22.6. The first-order valence-electron chi connectivity index (χ1n) is 10.2. The average Bonchev–Trinajstić information content (AvgIpc) is 3.33. The van der Waals surface area contributed by atoms with E-state index in [1.165, 1.54) is 0 Å². The van der Waals surface area contributed by atoms with E-state index in [4.69, 9.17) is 9.84 Å². The lowest BCUT2D eigenvalue weighted by atomic mass is 9.94. The van der Waals surface area contributed by atoms with Gasteiger partial charge in [0, 0.05) is 0 Å². The Kier molecular flexibility index (Phi) is 7.99. The van der Waals surface area contributed by atoms with Crippen molar-refractivity contribution in [3.05, 3.63) is 37.4 Å². The summed E-state index contributed by atoms with van der Waals surface area (Å²) >= 11 is 0. The summed E-state index contributed by atoms with van der Waals surface area (Å²) in [6.45, 7) is 10.2. The Balaban J connectivity index is 1.89. The molecule has 1 N–H and O–H groups in total. The van der Waals surface area contributed by atoms with E-state index in [1.54, 1.807) is 6.92 Å². The quantitative estimate of drug-likeness (QED) is 0.409. The molecule has 0 aliphatic carbocycles. The van der Waals surface area contributed by atoms with Crippen molar-refractivity contribution >= 4 is 12.4 Å². The molecule has 0 amide bonds. The molecule has 2 aromatic heterocycles. The van der Waals surface area contributed by atoms with Crippen LogP contribution in [0.4, 0.5) is 0 Å². The number of nitrogens with zero attached hydrogens (tertiary/aromatic N) is 4. The molecule has 0 saturated carbocycles. The fourth-order valence-corrected chi connectivity index (χ4v) is 3.34. The zero-order chi connectivity index (χ0) is 21.4. The van der Waals surface area contributed by atoms with Crippen LogP contribution in [0.2, 0.25) is 0 Å². The van der Waals surface area contributed by atoms with Crippen LogP contribution in [-0.4, -0.2) is 32.3 Å². The average molecular weight is 407 g/mol. The van der Waals surface area contributed by atoms with E-state index in [2.05, 4.69) is 64.1 Å². The summed E-state index contributed by atoms with van der Waals surface area (Å²) in [5.74, 6) is -0.972. The minimum Gasteiger partial charge on any atom is -0.481 e. The number of hydrogen-bond acceptors (Lipinski definition) is 3. The van der Waals surface area contributed by atoms with Gasteiger partial charge >= 0.3 is 5.97 Å². The highest BCUT2D eigenvalue weighted by Crippen LogP contribution is 2.25. The number of aliphatic carboxylic acids is 1. The van der Waals surface area contributed by atoms with Crippen LogP contribution >= 0.6 is 0 Å². The van der Waals surface area contributed by atoms with E-state index in [0.29, 0.717) is 25.4 Å². The van der Waals surface area contributed by atoms with Gasteiger partial charge in [-0.25, -0.2) is 18.3 Å². The zero-order valence-corrected chi connectivity index (χ0v) is 17.9. The number of imidazole rings is 2. The van der Waals surface area contributed by atoms with Crippen LogP contribution < -0.4 is 9.13 Å². The summed E-state index contributed by atoms with van der Waals surface area (Å²) in [6, 6.07) is 0.666. The third-order valence-electron chi connectivity index (χ3n) is 5.60. The minimum atomic E-state index is -0.982. The lowest BCUT2D eigenvalue weighted by Gasteiger charge is -2.26. The van der Waals surface area contributed by atoms with Gasteiger partial charge < -0.3 is 9.84 Å². The first-order chi connectivity index (χ1) is 13.8. The summed E-state index contributed by atoms with van der Waals surface area (Å²) < 4.78 is 13.7. The number of carbonyl (C=O) groups excluding carboxylic acids is 1. The molecule has 3 unspecified atom stereocenters. The van der Waals surface area contributed by atoms with Crippen molar-refractivity contribution in [3.63, 3.8) is 0 Å². The topological polar surface area (TPSA) is 81.2 Å². The zero-order valence-electron chi connectivity index (χ0n) is 17.9. The molecule has 0 saturated heterocycles. The van der Waals surface area contributed by atoms with E-state index in [-0.39, 0.29) is 12.5 Å². The number of carbonyl (C=O) groups is 2. The van der Waals surface area contributed by atoms with E-state index in [9.17, 15) is 9.59 Å². The number of ether oxygens (including phenoxy) is 1. The number of hydrogen-bond donors (Lipinski definition) is 1. The number of carboxylic acids is 1. The standard InChI is InChI=1S/C21H33N4O4/c1-5-18(2)24-12-10-22(15-24)8-9-23-11-13-25(16-23)19(3)6-7-21(4,29-17-26)14-20(27)28/h10-13,15-19H,5-9,14H2,1-4H3/q+1/p+1. The molecular weight excluding hydrogens is 372 g/mol. The van der Waals surface area contributed by atoms with Gasteiger partial charge in [0.15, 0.2) is 0 Å². The molecule has 8 nitrogen and oxygen atoms in total. The van der Waals surface area contributed by atoms with Crippen molar-refractivity contribution in [2.24, 2.45) is 0 Å². The summed E-state index contributed by atoms with van der Waals surface area (Å²) in [6.07, 6.45) is 14.6. The number of aromatic nitrogens is 4. The van der Waals surface area contributed by atoms with Crippen LogP contribution in [0.3, 0.4) is 0 Å². The lowest BCUT2D eigenvalue weighted by molar-refractivity contribution is -0.778. The maximum absolute atomic E-state index is 11.0. The van der Waals surface area contributed by atoms with E-state index < -0.39 is 11.6 Å². The van der Waals surface area contributed by atoms with E-state index >= 15 is 0 Å².